The Morgan fingerprint density at radius 1 is 1.15 bits per heavy atom. The molecular weight excluding hydrogens is 460 g/mol. The van der Waals surface area contributed by atoms with Crippen LogP contribution in [-0.4, -0.2) is 37.8 Å². The van der Waals surface area contributed by atoms with Gasteiger partial charge in [-0.25, -0.2) is 8.42 Å². The number of nitrogens with one attached hydrogen (secondary N) is 2. The van der Waals surface area contributed by atoms with E-state index >= 15 is 0 Å². The molecule has 33 heavy (non-hydrogen) atoms. The van der Waals surface area contributed by atoms with Gasteiger partial charge in [-0.1, -0.05) is 25.1 Å². The van der Waals surface area contributed by atoms with E-state index < -0.39 is 21.8 Å². The molecule has 174 valence electrons. The number of amides is 2. The molecular formula is C24H26N2O5S2. The topological polar surface area (TPSA) is 105 Å². The van der Waals surface area contributed by atoms with E-state index in [1.54, 1.807) is 0 Å². The van der Waals surface area contributed by atoms with Gasteiger partial charge >= 0.3 is 0 Å². The van der Waals surface area contributed by atoms with E-state index in [4.69, 9.17) is 4.42 Å². The molecule has 0 saturated carbocycles. The van der Waals surface area contributed by atoms with E-state index in [-0.39, 0.29) is 23.2 Å². The zero-order valence-corrected chi connectivity index (χ0v) is 20.2. The number of fused-ring (bicyclic) bond motifs is 2. The molecule has 1 aromatic carbocycles. The summed E-state index contributed by atoms with van der Waals surface area (Å²) in [4.78, 5) is 27.6. The van der Waals surface area contributed by atoms with Gasteiger partial charge in [0.25, 0.3) is 11.8 Å². The number of hydrogen-bond acceptors (Lipinski definition) is 6. The number of para-hydroxylation sites is 1. The molecule has 7 nitrogen and oxygen atoms in total. The minimum atomic E-state index is -3.11. The molecule has 2 N–H and O–H groups in total. The molecule has 5 rings (SSSR count). The number of thiophene rings is 1. The van der Waals surface area contributed by atoms with Gasteiger partial charge in [0.2, 0.25) is 0 Å². The summed E-state index contributed by atoms with van der Waals surface area (Å²) in [6.07, 6.45) is 3.01. The third kappa shape index (κ3) is 4.19. The smallest absolute Gasteiger partial charge is 0.292 e. The number of sulfone groups is 1. The monoisotopic (exact) mass is 486 g/mol. The van der Waals surface area contributed by atoms with Crippen LogP contribution < -0.4 is 10.6 Å². The van der Waals surface area contributed by atoms with E-state index in [9.17, 15) is 18.0 Å². The lowest BCUT2D eigenvalue weighted by atomic mass is 9.88. The van der Waals surface area contributed by atoms with E-state index in [0.717, 1.165) is 40.7 Å². The van der Waals surface area contributed by atoms with E-state index in [2.05, 4.69) is 17.6 Å². The molecule has 3 aromatic rings. The van der Waals surface area contributed by atoms with Crippen molar-refractivity contribution in [2.24, 2.45) is 5.92 Å². The van der Waals surface area contributed by atoms with E-state index in [1.165, 1.54) is 11.3 Å². The maximum absolute atomic E-state index is 13.3. The number of aryl methyl sites for hydroxylation is 1. The van der Waals surface area contributed by atoms with Crippen molar-refractivity contribution >= 4 is 49.0 Å². The average Bonchev–Trinajstić information content (AvgIpc) is 3.40. The SMILES string of the molecule is Cc1c(C(=O)Nc2sc3c(c2C(=O)N[C@@H]2CCS(=O)(=O)C2)CC[C@@H](C)C3)oc2ccccc12. The van der Waals surface area contributed by atoms with Crippen LogP contribution >= 0.6 is 11.3 Å². The van der Waals surface area contributed by atoms with Crippen molar-refractivity contribution in [3.8, 4) is 0 Å². The van der Waals surface area contributed by atoms with Gasteiger partial charge in [-0.2, -0.15) is 0 Å². The van der Waals surface area contributed by atoms with Crippen LogP contribution in [0.2, 0.25) is 0 Å². The minimum absolute atomic E-state index is 0.0397. The third-order valence-corrected chi connectivity index (χ3v) is 9.52. The molecule has 2 aliphatic rings. The van der Waals surface area contributed by atoms with Crippen molar-refractivity contribution < 1.29 is 22.4 Å². The first-order valence-electron chi connectivity index (χ1n) is 11.2. The number of furan rings is 1. The molecule has 1 aliphatic heterocycles. The second kappa shape index (κ2) is 8.29. The minimum Gasteiger partial charge on any atom is -0.451 e. The van der Waals surface area contributed by atoms with Crippen LogP contribution in [0.3, 0.4) is 0 Å². The van der Waals surface area contributed by atoms with Crippen molar-refractivity contribution in [2.45, 2.75) is 45.6 Å². The molecule has 3 heterocycles. The van der Waals surface area contributed by atoms with Crippen molar-refractivity contribution in [2.75, 3.05) is 16.8 Å². The van der Waals surface area contributed by atoms with Crippen molar-refractivity contribution in [1.29, 1.82) is 0 Å². The van der Waals surface area contributed by atoms with Gasteiger partial charge in [0.05, 0.1) is 17.1 Å². The Labute approximate surface area is 196 Å². The number of carbonyl (C=O) groups excluding carboxylic acids is 2. The fraction of sp³-hybridized carbons (Fsp3) is 0.417. The Morgan fingerprint density at radius 3 is 2.67 bits per heavy atom. The summed E-state index contributed by atoms with van der Waals surface area (Å²) in [5.74, 6) is 0.0692. The van der Waals surface area contributed by atoms with Crippen LogP contribution in [0.25, 0.3) is 11.0 Å². The van der Waals surface area contributed by atoms with Crippen LogP contribution in [0.4, 0.5) is 5.00 Å². The fourth-order valence-electron chi connectivity index (χ4n) is 4.80. The molecule has 0 unspecified atom stereocenters. The van der Waals surface area contributed by atoms with Crippen molar-refractivity contribution in [3.63, 3.8) is 0 Å². The zero-order chi connectivity index (χ0) is 23.3. The molecule has 1 fully saturated rings. The normalized spacial score (nSPS) is 21.6. The van der Waals surface area contributed by atoms with E-state index in [0.29, 0.717) is 28.5 Å². The highest BCUT2D eigenvalue weighted by Gasteiger charge is 2.33. The standard InChI is InChI=1S/C24H26N2O5S2/c1-13-7-8-17-19(11-13)32-24(20(17)22(27)25-15-9-10-33(29,30)12-15)26-23(28)21-14(2)16-5-3-4-6-18(16)31-21/h3-6,13,15H,7-12H2,1-2H3,(H,25,27)(H,26,28)/t13-,15-/m1/s1. The summed E-state index contributed by atoms with van der Waals surface area (Å²) in [6, 6.07) is 7.07. The van der Waals surface area contributed by atoms with Gasteiger partial charge in [0.15, 0.2) is 15.6 Å². The first kappa shape index (κ1) is 22.2. The predicted molar refractivity (Wildman–Crippen MR) is 129 cm³/mol. The van der Waals surface area contributed by atoms with Gasteiger partial charge in [0.1, 0.15) is 10.6 Å². The Balaban J connectivity index is 1.47. The second-order valence-corrected chi connectivity index (χ2v) is 12.5. The summed E-state index contributed by atoms with van der Waals surface area (Å²) in [7, 11) is -3.11. The molecule has 2 aromatic heterocycles. The first-order chi connectivity index (χ1) is 15.7. The van der Waals surface area contributed by atoms with E-state index in [1.807, 2.05) is 31.2 Å². The molecule has 1 saturated heterocycles. The number of rotatable bonds is 4. The van der Waals surface area contributed by atoms with Crippen LogP contribution in [0.1, 0.15) is 56.7 Å². The molecule has 2 atom stereocenters. The quantitative estimate of drug-likeness (QED) is 0.578. The van der Waals surface area contributed by atoms with Gasteiger partial charge in [-0.05, 0) is 50.2 Å². The summed E-state index contributed by atoms with van der Waals surface area (Å²) in [6.45, 7) is 4.03. The molecule has 1 aliphatic carbocycles. The number of benzene rings is 1. The highest BCUT2D eigenvalue weighted by Crippen LogP contribution is 2.40. The van der Waals surface area contributed by atoms with Crippen molar-refractivity contribution in [1.82, 2.24) is 5.32 Å². The molecule has 0 bridgehead atoms. The lowest BCUT2D eigenvalue weighted by Crippen LogP contribution is -2.36. The number of carbonyl (C=O) groups is 2. The highest BCUT2D eigenvalue weighted by molar-refractivity contribution is 7.91. The average molecular weight is 487 g/mol. The Bertz CT molecular complexity index is 1370. The zero-order valence-electron chi connectivity index (χ0n) is 18.6. The van der Waals surface area contributed by atoms with Crippen LogP contribution in [-0.2, 0) is 22.7 Å². The van der Waals surface area contributed by atoms with Crippen molar-refractivity contribution in [3.05, 3.63) is 51.6 Å². The Morgan fingerprint density at radius 2 is 1.94 bits per heavy atom. The second-order valence-electron chi connectivity index (χ2n) is 9.14. The maximum atomic E-state index is 13.3. The molecule has 0 spiro atoms. The highest BCUT2D eigenvalue weighted by atomic mass is 32.2. The molecule has 0 radical (unpaired) electrons. The Kier molecular flexibility index (Phi) is 5.56. The third-order valence-electron chi connectivity index (χ3n) is 6.58. The van der Waals surface area contributed by atoms with Gasteiger partial charge in [0, 0.05) is 21.9 Å². The predicted octanol–water partition coefficient (Wildman–Crippen LogP) is 4.10. The van der Waals surface area contributed by atoms with Gasteiger partial charge in [-0.15, -0.1) is 11.3 Å². The fourth-order valence-corrected chi connectivity index (χ4v) is 7.87. The summed E-state index contributed by atoms with van der Waals surface area (Å²) in [5, 5.41) is 7.20. The maximum Gasteiger partial charge on any atom is 0.292 e. The summed E-state index contributed by atoms with van der Waals surface area (Å²) in [5.41, 5.74) is 2.82. The lowest BCUT2D eigenvalue weighted by molar-refractivity contribution is 0.0941. The largest absolute Gasteiger partial charge is 0.451 e. The Hall–Kier alpha value is -2.65. The van der Waals surface area contributed by atoms with Crippen LogP contribution in [0.5, 0.6) is 0 Å². The first-order valence-corrected chi connectivity index (χ1v) is 13.8. The lowest BCUT2D eigenvalue weighted by Gasteiger charge is -2.19. The van der Waals surface area contributed by atoms with Crippen LogP contribution in [0, 0.1) is 12.8 Å². The van der Waals surface area contributed by atoms with Crippen LogP contribution in [0.15, 0.2) is 28.7 Å². The number of hydrogen-bond donors (Lipinski definition) is 2. The number of anilines is 1. The summed E-state index contributed by atoms with van der Waals surface area (Å²) < 4.78 is 29.5. The molecule has 9 heteroatoms. The molecule has 2 amide bonds. The van der Waals surface area contributed by atoms with Gasteiger partial charge in [-0.3, -0.25) is 9.59 Å². The van der Waals surface area contributed by atoms with Gasteiger partial charge < -0.3 is 15.1 Å². The summed E-state index contributed by atoms with van der Waals surface area (Å²) >= 11 is 1.43.